The highest BCUT2D eigenvalue weighted by atomic mass is 16.5. The largest absolute Gasteiger partial charge is 0.378 e. The van der Waals surface area contributed by atoms with Crippen LogP contribution in [0.4, 0.5) is 5.82 Å². The van der Waals surface area contributed by atoms with Crippen molar-refractivity contribution in [3.8, 4) is 0 Å². The molecule has 6 nitrogen and oxygen atoms in total. The first-order chi connectivity index (χ1) is 9.79. The lowest BCUT2D eigenvalue weighted by atomic mass is 10.2. The minimum atomic E-state index is 0.00380. The molecule has 2 rings (SSSR count). The van der Waals surface area contributed by atoms with Gasteiger partial charge in [-0.2, -0.15) is 0 Å². The number of ether oxygens (including phenoxy) is 1. The number of morpholine rings is 1. The topological polar surface area (TPSA) is 66.5 Å². The van der Waals surface area contributed by atoms with E-state index in [1.54, 1.807) is 0 Å². The number of carbonyl (C=O) groups excluding carboxylic acids is 1. The predicted molar refractivity (Wildman–Crippen MR) is 77.7 cm³/mol. The van der Waals surface area contributed by atoms with Crippen LogP contribution < -0.4 is 15.5 Å². The first kappa shape index (κ1) is 14.7. The number of hydrogen-bond donors (Lipinski definition) is 2. The molecule has 0 atom stereocenters. The SMILES string of the molecule is CCNCC(=O)NCc1ccc(N2CCOCC2)nc1. The third kappa shape index (κ3) is 4.47. The summed E-state index contributed by atoms with van der Waals surface area (Å²) in [6, 6.07) is 4.00. The van der Waals surface area contributed by atoms with Gasteiger partial charge in [0, 0.05) is 25.8 Å². The highest BCUT2D eigenvalue weighted by Gasteiger charge is 2.11. The van der Waals surface area contributed by atoms with Crippen LogP contribution in [0, 0.1) is 0 Å². The molecular formula is C14H22N4O2. The van der Waals surface area contributed by atoms with Crippen LogP contribution in [0.15, 0.2) is 18.3 Å². The summed E-state index contributed by atoms with van der Waals surface area (Å²) in [6.07, 6.45) is 1.82. The van der Waals surface area contributed by atoms with Crippen molar-refractivity contribution in [3.63, 3.8) is 0 Å². The second kappa shape index (κ2) is 7.81. The van der Waals surface area contributed by atoms with Crippen molar-refractivity contribution in [3.05, 3.63) is 23.9 Å². The van der Waals surface area contributed by atoms with E-state index >= 15 is 0 Å². The fraction of sp³-hybridized carbons (Fsp3) is 0.571. The van der Waals surface area contributed by atoms with E-state index in [2.05, 4.69) is 20.5 Å². The number of nitrogens with one attached hydrogen (secondary N) is 2. The van der Waals surface area contributed by atoms with Crippen molar-refractivity contribution in [2.45, 2.75) is 13.5 Å². The molecule has 20 heavy (non-hydrogen) atoms. The highest BCUT2D eigenvalue weighted by molar-refractivity contribution is 5.77. The molecule has 1 fully saturated rings. The molecule has 6 heteroatoms. The van der Waals surface area contributed by atoms with Crippen LogP contribution in [-0.2, 0) is 16.1 Å². The molecule has 2 N–H and O–H groups in total. The molecule has 0 saturated carbocycles. The van der Waals surface area contributed by atoms with Gasteiger partial charge in [0.2, 0.25) is 5.91 Å². The quantitative estimate of drug-likeness (QED) is 0.775. The first-order valence-corrected chi connectivity index (χ1v) is 7.04. The summed E-state index contributed by atoms with van der Waals surface area (Å²) in [5.41, 5.74) is 1.01. The first-order valence-electron chi connectivity index (χ1n) is 7.04. The van der Waals surface area contributed by atoms with E-state index in [0.717, 1.165) is 44.2 Å². The van der Waals surface area contributed by atoms with Crippen LogP contribution in [0.2, 0.25) is 0 Å². The summed E-state index contributed by atoms with van der Waals surface area (Å²) in [5.74, 6) is 0.972. The fourth-order valence-corrected chi connectivity index (χ4v) is 2.00. The minimum absolute atomic E-state index is 0.00380. The summed E-state index contributed by atoms with van der Waals surface area (Å²) in [7, 11) is 0. The van der Waals surface area contributed by atoms with E-state index in [1.807, 2.05) is 25.3 Å². The Morgan fingerprint density at radius 3 is 2.85 bits per heavy atom. The van der Waals surface area contributed by atoms with E-state index in [9.17, 15) is 4.79 Å². The van der Waals surface area contributed by atoms with Gasteiger partial charge in [-0.15, -0.1) is 0 Å². The number of amides is 1. The Morgan fingerprint density at radius 1 is 1.40 bits per heavy atom. The van der Waals surface area contributed by atoms with Crippen LogP contribution in [0.3, 0.4) is 0 Å². The number of carbonyl (C=O) groups is 1. The second-order valence-electron chi connectivity index (χ2n) is 4.68. The van der Waals surface area contributed by atoms with Gasteiger partial charge in [-0.3, -0.25) is 4.79 Å². The van der Waals surface area contributed by atoms with Gasteiger partial charge in [-0.25, -0.2) is 4.98 Å². The van der Waals surface area contributed by atoms with E-state index in [-0.39, 0.29) is 5.91 Å². The van der Waals surface area contributed by atoms with Crippen LogP contribution in [0.1, 0.15) is 12.5 Å². The lowest BCUT2D eigenvalue weighted by Gasteiger charge is -2.27. The number of pyridine rings is 1. The van der Waals surface area contributed by atoms with Crippen LogP contribution in [-0.4, -0.2) is 50.3 Å². The van der Waals surface area contributed by atoms with Crippen molar-refractivity contribution in [1.29, 1.82) is 0 Å². The van der Waals surface area contributed by atoms with Crippen molar-refractivity contribution in [1.82, 2.24) is 15.6 Å². The number of likely N-dealkylation sites (N-methyl/N-ethyl adjacent to an activating group) is 1. The maximum atomic E-state index is 11.5. The molecule has 1 saturated heterocycles. The molecule has 0 aliphatic carbocycles. The molecule has 2 heterocycles. The zero-order valence-corrected chi connectivity index (χ0v) is 11.9. The van der Waals surface area contributed by atoms with Gasteiger partial charge >= 0.3 is 0 Å². The Balaban J connectivity index is 1.80. The fourth-order valence-electron chi connectivity index (χ4n) is 2.00. The van der Waals surface area contributed by atoms with Gasteiger partial charge in [0.15, 0.2) is 0 Å². The van der Waals surface area contributed by atoms with Crippen molar-refractivity contribution < 1.29 is 9.53 Å². The van der Waals surface area contributed by atoms with Gasteiger partial charge in [-0.1, -0.05) is 13.0 Å². The molecule has 0 radical (unpaired) electrons. The maximum Gasteiger partial charge on any atom is 0.234 e. The molecule has 1 aliphatic rings. The Hall–Kier alpha value is -1.66. The molecule has 0 bridgehead atoms. The van der Waals surface area contributed by atoms with Crippen molar-refractivity contribution in [2.24, 2.45) is 0 Å². The standard InChI is InChI=1S/C14H22N4O2/c1-2-15-11-14(19)17-10-12-3-4-13(16-9-12)18-5-7-20-8-6-18/h3-4,9,15H,2,5-8,10-11H2,1H3,(H,17,19). The highest BCUT2D eigenvalue weighted by Crippen LogP contribution is 2.12. The Kier molecular flexibility index (Phi) is 5.76. The zero-order chi connectivity index (χ0) is 14.2. The summed E-state index contributed by atoms with van der Waals surface area (Å²) < 4.78 is 5.32. The molecule has 1 aromatic rings. The molecule has 1 aromatic heterocycles. The van der Waals surface area contributed by atoms with Crippen LogP contribution in [0.5, 0.6) is 0 Å². The van der Waals surface area contributed by atoms with Crippen LogP contribution >= 0.6 is 0 Å². The molecule has 0 unspecified atom stereocenters. The zero-order valence-electron chi connectivity index (χ0n) is 11.9. The number of rotatable bonds is 6. The summed E-state index contributed by atoms with van der Waals surface area (Å²) in [4.78, 5) is 18.1. The van der Waals surface area contributed by atoms with E-state index in [4.69, 9.17) is 4.74 Å². The van der Waals surface area contributed by atoms with Gasteiger partial charge < -0.3 is 20.3 Å². The summed E-state index contributed by atoms with van der Waals surface area (Å²) in [6.45, 7) is 6.91. The second-order valence-corrected chi connectivity index (χ2v) is 4.68. The minimum Gasteiger partial charge on any atom is -0.378 e. The molecule has 110 valence electrons. The van der Waals surface area contributed by atoms with Gasteiger partial charge in [0.25, 0.3) is 0 Å². The third-order valence-corrected chi connectivity index (χ3v) is 3.17. The molecular weight excluding hydrogens is 256 g/mol. The van der Waals surface area contributed by atoms with E-state index < -0.39 is 0 Å². The number of hydrogen-bond acceptors (Lipinski definition) is 5. The Bertz CT molecular complexity index is 416. The smallest absolute Gasteiger partial charge is 0.234 e. The maximum absolute atomic E-state index is 11.5. The average molecular weight is 278 g/mol. The van der Waals surface area contributed by atoms with Crippen molar-refractivity contribution >= 4 is 11.7 Å². The Morgan fingerprint density at radius 2 is 2.20 bits per heavy atom. The third-order valence-electron chi connectivity index (χ3n) is 3.17. The predicted octanol–water partition coefficient (Wildman–Crippen LogP) is 0.144. The Labute approximate surface area is 119 Å². The summed E-state index contributed by atoms with van der Waals surface area (Å²) in [5, 5.41) is 5.85. The van der Waals surface area contributed by atoms with Crippen molar-refractivity contribution in [2.75, 3.05) is 44.3 Å². The summed E-state index contributed by atoms with van der Waals surface area (Å²) >= 11 is 0. The van der Waals surface area contributed by atoms with Gasteiger partial charge in [0.1, 0.15) is 5.82 Å². The van der Waals surface area contributed by atoms with E-state index in [1.165, 1.54) is 0 Å². The lowest BCUT2D eigenvalue weighted by molar-refractivity contribution is -0.120. The molecule has 0 spiro atoms. The average Bonchev–Trinajstić information content (AvgIpc) is 2.52. The lowest BCUT2D eigenvalue weighted by Crippen LogP contribution is -2.36. The molecule has 1 amide bonds. The molecule has 0 aromatic carbocycles. The van der Waals surface area contributed by atoms with Gasteiger partial charge in [0.05, 0.1) is 19.8 Å². The normalized spacial score (nSPS) is 15.2. The number of anilines is 1. The number of nitrogens with zero attached hydrogens (tertiary/aromatic N) is 2. The monoisotopic (exact) mass is 278 g/mol. The van der Waals surface area contributed by atoms with E-state index in [0.29, 0.717) is 13.1 Å². The van der Waals surface area contributed by atoms with Crippen LogP contribution in [0.25, 0.3) is 0 Å². The number of aromatic nitrogens is 1. The molecule has 1 aliphatic heterocycles. The van der Waals surface area contributed by atoms with Gasteiger partial charge in [-0.05, 0) is 18.2 Å².